The predicted molar refractivity (Wildman–Crippen MR) is 67.3 cm³/mol. The first-order chi connectivity index (χ1) is 7.61. The standard InChI is InChI=1S/C13H26N2O/c1-4-6-7-11(5-2)12(16)15-13(3)8-9-14-10-13/h11,14H,4-10H2,1-3H3,(H,15,16). The number of rotatable bonds is 6. The first kappa shape index (κ1) is 13.5. The lowest BCUT2D eigenvalue weighted by molar-refractivity contribution is -0.127. The number of carbonyl (C=O) groups is 1. The minimum absolute atomic E-state index is 0.0171. The lowest BCUT2D eigenvalue weighted by Gasteiger charge is -2.27. The van der Waals surface area contributed by atoms with Crippen LogP contribution in [0.5, 0.6) is 0 Å². The maximum absolute atomic E-state index is 12.1. The van der Waals surface area contributed by atoms with Gasteiger partial charge in [-0.15, -0.1) is 0 Å². The van der Waals surface area contributed by atoms with Gasteiger partial charge in [0.2, 0.25) is 5.91 Å². The van der Waals surface area contributed by atoms with Crippen LogP contribution in [0.15, 0.2) is 0 Å². The van der Waals surface area contributed by atoms with Crippen molar-refractivity contribution in [1.29, 1.82) is 0 Å². The maximum atomic E-state index is 12.1. The van der Waals surface area contributed by atoms with Crippen LogP contribution in [0.4, 0.5) is 0 Å². The van der Waals surface area contributed by atoms with Crippen LogP contribution in [0.1, 0.15) is 52.9 Å². The molecule has 1 aliphatic rings. The Labute approximate surface area is 99.4 Å². The van der Waals surface area contributed by atoms with Gasteiger partial charge in [-0.2, -0.15) is 0 Å². The highest BCUT2D eigenvalue weighted by atomic mass is 16.2. The van der Waals surface area contributed by atoms with Crippen molar-refractivity contribution in [3.63, 3.8) is 0 Å². The summed E-state index contributed by atoms with van der Waals surface area (Å²) in [5.74, 6) is 0.458. The molecule has 3 nitrogen and oxygen atoms in total. The molecule has 0 bridgehead atoms. The van der Waals surface area contributed by atoms with E-state index in [-0.39, 0.29) is 17.4 Å². The summed E-state index contributed by atoms with van der Waals surface area (Å²) in [6.45, 7) is 8.34. The van der Waals surface area contributed by atoms with Crippen molar-refractivity contribution in [3.8, 4) is 0 Å². The summed E-state index contributed by atoms with van der Waals surface area (Å²) in [7, 11) is 0. The van der Waals surface area contributed by atoms with E-state index in [0.29, 0.717) is 0 Å². The van der Waals surface area contributed by atoms with Gasteiger partial charge in [-0.1, -0.05) is 26.7 Å². The minimum Gasteiger partial charge on any atom is -0.349 e. The molecule has 3 heteroatoms. The lowest BCUT2D eigenvalue weighted by atomic mass is 9.95. The van der Waals surface area contributed by atoms with Crippen LogP contribution in [-0.2, 0) is 4.79 Å². The highest BCUT2D eigenvalue weighted by Crippen LogP contribution is 2.18. The van der Waals surface area contributed by atoms with Crippen LogP contribution in [0.25, 0.3) is 0 Å². The molecule has 2 N–H and O–H groups in total. The van der Waals surface area contributed by atoms with Crippen LogP contribution in [-0.4, -0.2) is 24.5 Å². The molecular weight excluding hydrogens is 200 g/mol. The Balaban J connectivity index is 2.42. The van der Waals surface area contributed by atoms with E-state index < -0.39 is 0 Å². The summed E-state index contributed by atoms with van der Waals surface area (Å²) >= 11 is 0. The summed E-state index contributed by atoms with van der Waals surface area (Å²) in [4.78, 5) is 12.1. The number of unbranched alkanes of at least 4 members (excludes halogenated alkanes) is 1. The first-order valence-corrected chi connectivity index (χ1v) is 6.64. The first-order valence-electron chi connectivity index (χ1n) is 6.64. The molecule has 1 aliphatic heterocycles. The summed E-state index contributed by atoms with van der Waals surface area (Å²) in [5, 5.41) is 6.52. The zero-order valence-electron chi connectivity index (χ0n) is 10.9. The van der Waals surface area contributed by atoms with Gasteiger partial charge in [-0.3, -0.25) is 4.79 Å². The van der Waals surface area contributed by atoms with Crippen LogP contribution in [0, 0.1) is 5.92 Å². The quantitative estimate of drug-likeness (QED) is 0.728. The second-order valence-corrected chi connectivity index (χ2v) is 5.22. The number of nitrogens with one attached hydrogen (secondary N) is 2. The Bertz CT molecular complexity index is 222. The molecule has 2 unspecified atom stereocenters. The molecule has 1 rings (SSSR count). The highest BCUT2D eigenvalue weighted by Gasteiger charge is 2.31. The average Bonchev–Trinajstić information content (AvgIpc) is 2.66. The maximum Gasteiger partial charge on any atom is 0.223 e. The van der Waals surface area contributed by atoms with Crippen molar-refractivity contribution in [2.75, 3.05) is 13.1 Å². The van der Waals surface area contributed by atoms with Crippen molar-refractivity contribution in [2.24, 2.45) is 5.92 Å². The molecule has 1 fully saturated rings. The molecule has 1 amide bonds. The molecule has 1 heterocycles. The summed E-state index contributed by atoms with van der Waals surface area (Å²) in [6.07, 6.45) is 5.35. The SMILES string of the molecule is CCCCC(CC)C(=O)NC1(C)CCNC1. The second-order valence-electron chi connectivity index (χ2n) is 5.22. The number of amides is 1. The second kappa shape index (κ2) is 6.24. The van der Waals surface area contributed by atoms with E-state index in [1.807, 2.05) is 0 Å². The molecule has 0 aliphatic carbocycles. The van der Waals surface area contributed by atoms with Gasteiger partial charge in [0.1, 0.15) is 0 Å². The molecule has 0 radical (unpaired) electrons. The summed E-state index contributed by atoms with van der Waals surface area (Å²) in [6, 6.07) is 0. The van der Waals surface area contributed by atoms with E-state index in [1.165, 1.54) is 6.42 Å². The van der Waals surface area contributed by atoms with E-state index in [0.717, 1.165) is 38.8 Å². The monoisotopic (exact) mass is 226 g/mol. The molecular formula is C13H26N2O. The fourth-order valence-corrected chi connectivity index (χ4v) is 2.29. The highest BCUT2D eigenvalue weighted by molar-refractivity contribution is 5.79. The van der Waals surface area contributed by atoms with E-state index in [4.69, 9.17) is 0 Å². The lowest BCUT2D eigenvalue weighted by Crippen LogP contribution is -2.49. The fourth-order valence-electron chi connectivity index (χ4n) is 2.29. The van der Waals surface area contributed by atoms with Gasteiger partial charge >= 0.3 is 0 Å². The Hall–Kier alpha value is -0.570. The largest absolute Gasteiger partial charge is 0.349 e. The third-order valence-corrected chi connectivity index (χ3v) is 3.56. The Morgan fingerprint density at radius 1 is 1.50 bits per heavy atom. The van der Waals surface area contributed by atoms with E-state index >= 15 is 0 Å². The fraction of sp³-hybridized carbons (Fsp3) is 0.923. The van der Waals surface area contributed by atoms with Crippen molar-refractivity contribution in [3.05, 3.63) is 0 Å². The Morgan fingerprint density at radius 3 is 2.75 bits per heavy atom. The van der Waals surface area contributed by atoms with Crippen molar-refractivity contribution in [2.45, 2.75) is 58.4 Å². The Morgan fingerprint density at radius 2 is 2.25 bits per heavy atom. The third kappa shape index (κ3) is 3.78. The third-order valence-electron chi connectivity index (χ3n) is 3.56. The van der Waals surface area contributed by atoms with Crippen molar-refractivity contribution in [1.82, 2.24) is 10.6 Å². The topological polar surface area (TPSA) is 41.1 Å². The molecule has 2 atom stereocenters. The van der Waals surface area contributed by atoms with E-state index in [2.05, 4.69) is 31.4 Å². The molecule has 0 aromatic rings. The van der Waals surface area contributed by atoms with Crippen molar-refractivity contribution < 1.29 is 4.79 Å². The summed E-state index contributed by atoms with van der Waals surface area (Å²) < 4.78 is 0. The normalized spacial score (nSPS) is 26.7. The van der Waals surface area contributed by atoms with Crippen LogP contribution >= 0.6 is 0 Å². The molecule has 0 aromatic heterocycles. The molecule has 94 valence electrons. The van der Waals surface area contributed by atoms with Gasteiger partial charge < -0.3 is 10.6 Å². The van der Waals surface area contributed by atoms with Gasteiger partial charge in [0.15, 0.2) is 0 Å². The summed E-state index contributed by atoms with van der Waals surface area (Å²) in [5.41, 5.74) is -0.0171. The van der Waals surface area contributed by atoms with Crippen LogP contribution < -0.4 is 10.6 Å². The zero-order valence-corrected chi connectivity index (χ0v) is 10.9. The zero-order chi connectivity index (χ0) is 12.0. The molecule has 0 spiro atoms. The minimum atomic E-state index is -0.0171. The predicted octanol–water partition coefficient (Wildman–Crippen LogP) is 2.07. The van der Waals surface area contributed by atoms with Gasteiger partial charge in [-0.05, 0) is 32.7 Å². The number of hydrogen-bond donors (Lipinski definition) is 2. The molecule has 0 aromatic carbocycles. The molecule has 1 saturated heterocycles. The molecule has 0 saturated carbocycles. The van der Waals surface area contributed by atoms with E-state index in [9.17, 15) is 4.79 Å². The van der Waals surface area contributed by atoms with Crippen LogP contribution in [0.3, 0.4) is 0 Å². The Kier molecular flexibility index (Phi) is 5.26. The van der Waals surface area contributed by atoms with Crippen LogP contribution in [0.2, 0.25) is 0 Å². The number of carbonyl (C=O) groups excluding carboxylic acids is 1. The smallest absolute Gasteiger partial charge is 0.223 e. The van der Waals surface area contributed by atoms with Gasteiger partial charge in [-0.25, -0.2) is 0 Å². The number of hydrogen-bond acceptors (Lipinski definition) is 2. The van der Waals surface area contributed by atoms with Gasteiger partial charge in [0, 0.05) is 12.5 Å². The van der Waals surface area contributed by atoms with E-state index in [1.54, 1.807) is 0 Å². The van der Waals surface area contributed by atoms with Gasteiger partial charge in [0.05, 0.1) is 5.54 Å². The average molecular weight is 226 g/mol. The van der Waals surface area contributed by atoms with Gasteiger partial charge in [0.25, 0.3) is 0 Å². The molecule has 16 heavy (non-hydrogen) atoms. The van der Waals surface area contributed by atoms with Crippen molar-refractivity contribution >= 4 is 5.91 Å².